The summed E-state index contributed by atoms with van der Waals surface area (Å²) in [4.78, 5) is 0. The molecule has 1 radical (unpaired) electrons. The van der Waals surface area contributed by atoms with Crippen molar-refractivity contribution in [2.75, 3.05) is 0 Å². The van der Waals surface area contributed by atoms with Crippen LogP contribution >= 0.6 is 0 Å². The molecule has 0 aliphatic heterocycles. The van der Waals surface area contributed by atoms with Gasteiger partial charge in [-0.2, -0.15) is 0 Å². The van der Waals surface area contributed by atoms with Crippen LogP contribution < -0.4 is 5.73 Å². The minimum absolute atomic E-state index is 0.390. The molecule has 0 saturated heterocycles. The average molecular weight is 156 g/mol. The zero-order valence-electron chi connectivity index (χ0n) is 7.97. The highest BCUT2D eigenvalue weighted by atomic mass is 14.6. The lowest BCUT2D eigenvalue weighted by molar-refractivity contribution is 0.590. The third-order valence-corrected chi connectivity index (χ3v) is 1.81. The van der Waals surface area contributed by atoms with E-state index in [1.807, 2.05) is 0 Å². The fourth-order valence-corrected chi connectivity index (χ4v) is 1.10. The van der Waals surface area contributed by atoms with Crippen molar-refractivity contribution in [2.45, 2.75) is 58.4 Å². The second kappa shape index (κ2) is 8.06. The Kier molecular flexibility index (Phi) is 8.03. The summed E-state index contributed by atoms with van der Waals surface area (Å²) in [6.07, 6.45) is 10.0. The molecule has 0 spiro atoms. The zero-order valence-corrected chi connectivity index (χ0v) is 7.97. The second-order valence-corrected chi connectivity index (χ2v) is 3.34. The van der Waals surface area contributed by atoms with Crippen LogP contribution in [0.15, 0.2) is 0 Å². The second-order valence-electron chi connectivity index (χ2n) is 3.34. The van der Waals surface area contributed by atoms with Gasteiger partial charge in [0.05, 0.1) is 0 Å². The predicted molar refractivity (Wildman–Crippen MR) is 51.3 cm³/mol. The van der Waals surface area contributed by atoms with Crippen molar-refractivity contribution < 1.29 is 0 Å². The highest BCUT2D eigenvalue weighted by Crippen LogP contribution is 2.06. The van der Waals surface area contributed by atoms with E-state index in [9.17, 15) is 0 Å². The van der Waals surface area contributed by atoms with Gasteiger partial charge in [-0.1, -0.05) is 39.0 Å². The monoisotopic (exact) mass is 156 g/mol. The highest BCUT2D eigenvalue weighted by molar-refractivity contribution is 4.64. The highest BCUT2D eigenvalue weighted by Gasteiger charge is 1.93. The first-order valence-corrected chi connectivity index (χ1v) is 4.84. The molecular weight excluding hydrogens is 134 g/mol. The van der Waals surface area contributed by atoms with Gasteiger partial charge in [0.1, 0.15) is 0 Å². The standard InChI is InChI=1S/C10H22N/c1-3-4-5-6-7-8-9-10(2)11/h5,10H,3-4,6-9,11H2,1-2H3. The Morgan fingerprint density at radius 1 is 1.27 bits per heavy atom. The van der Waals surface area contributed by atoms with Crippen molar-refractivity contribution in [3.63, 3.8) is 0 Å². The molecule has 1 atom stereocenters. The average Bonchev–Trinajstić information content (AvgIpc) is 1.96. The van der Waals surface area contributed by atoms with Crippen LogP contribution in [-0.2, 0) is 0 Å². The van der Waals surface area contributed by atoms with Crippen LogP contribution in [-0.4, -0.2) is 6.04 Å². The normalized spacial score (nSPS) is 13.4. The molecule has 0 rings (SSSR count). The summed E-state index contributed by atoms with van der Waals surface area (Å²) >= 11 is 0. The number of hydrogen-bond acceptors (Lipinski definition) is 1. The minimum atomic E-state index is 0.390. The van der Waals surface area contributed by atoms with Crippen molar-refractivity contribution in [3.05, 3.63) is 6.42 Å². The Hall–Kier alpha value is -0.0400. The predicted octanol–water partition coefficient (Wildman–Crippen LogP) is 2.90. The molecule has 0 bridgehead atoms. The SMILES string of the molecule is CCC[CH]CCCCC(C)N. The molecule has 0 aliphatic carbocycles. The fourth-order valence-electron chi connectivity index (χ4n) is 1.10. The van der Waals surface area contributed by atoms with Gasteiger partial charge in [-0.05, 0) is 19.8 Å². The summed E-state index contributed by atoms with van der Waals surface area (Å²) in [6, 6.07) is 0.390. The van der Waals surface area contributed by atoms with E-state index in [0.29, 0.717) is 6.04 Å². The van der Waals surface area contributed by atoms with Crippen LogP contribution in [0.3, 0.4) is 0 Å². The first-order chi connectivity index (χ1) is 5.27. The number of rotatable bonds is 7. The van der Waals surface area contributed by atoms with Crippen LogP contribution in [0.4, 0.5) is 0 Å². The summed E-state index contributed by atoms with van der Waals surface area (Å²) in [5, 5.41) is 0. The molecule has 0 amide bonds. The van der Waals surface area contributed by atoms with E-state index >= 15 is 0 Å². The molecule has 0 heterocycles. The van der Waals surface area contributed by atoms with Gasteiger partial charge in [0.2, 0.25) is 0 Å². The summed E-state index contributed by atoms with van der Waals surface area (Å²) < 4.78 is 0. The molecule has 1 unspecified atom stereocenters. The molecule has 0 fully saturated rings. The molecule has 0 aromatic heterocycles. The lowest BCUT2D eigenvalue weighted by Gasteiger charge is -2.03. The zero-order chi connectivity index (χ0) is 8.53. The Morgan fingerprint density at radius 3 is 2.55 bits per heavy atom. The number of hydrogen-bond donors (Lipinski definition) is 1. The van der Waals surface area contributed by atoms with Gasteiger partial charge in [-0.15, -0.1) is 0 Å². The van der Waals surface area contributed by atoms with Gasteiger partial charge in [0.15, 0.2) is 0 Å². The molecule has 0 aliphatic rings. The molecule has 1 heteroatoms. The van der Waals surface area contributed by atoms with Crippen molar-refractivity contribution in [1.29, 1.82) is 0 Å². The Bertz CT molecular complexity index is 69.3. The van der Waals surface area contributed by atoms with Crippen LogP contribution in [0.2, 0.25) is 0 Å². The quantitative estimate of drug-likeness (QED) is 0.563. The molecule has 1 nitrogen and oxygen atoms in total. The van der Waals surface area contributed by atoms with Gasteiger partial charge < -0.3 is 5.73 Å². The van der Waals surface area contributed by atoms with Crippen molar-refractivity contribution >= 4 is 0 Å². The van der Waals surface area contributed by atoms with E-state index in [0.717, 1.165) is 0 Å². The van der Waals surface area contributed by atoms with Gasteiger partial charge in [-0.3, -0.25) is 0 Å². The smallest absolute Gasteiger partial charge is 0.00104 e. The molecule has 67 valence electrons. The molecular formula is C10H22N. The molecule has 2 N–H and O–H groups in total. The summed E-state index contributed by atoms with van der Waals surface area (Å²) in [7, 11) is 0. The summed E-state index contributed by atoms with van der Waals surface area (Å²) in [5.74, 6) is 0. The van der Waals surface area contributed by atoms with Crippen LogP contribution in [0, 0.1) is 6.42 Å². The molecule has 0 saturated carbocycles. The number of nitrogens with two attached hydrogens (primary N) is 1. The van der Waals surface area contributed by atoms with Gasteiger partial charge in [-0.25, -0.2) is 0 Å². The first-order valence-electron chi connectivity index (χ1n) is 4.84. The van der Waals surface area contributed by atoms with Crippen LogP contribution in [0.5, 0.6) is 0 Å². The third-order valence-electron chi connectivity index (χ3n) is 1.81. The van der Waals surface area contributed by atoms with Gasteiger partial charge in [0, 0.05) is 6.04 Å². The Balaban J connectivity index is 2.80. The largest absolute Gasteiger partial charge is 0.328 e. The molecule has 0 aromatic carbocycles. The summed E-state index contributed by atoms with van der Waals surface area (Å²) in [5.41, 5.74) is 5.62. The van der Waals surface area contributed by atoms with Crippen molar-refractivity contribution in [1.82, 2.24) is 0 Å². The fraction of sp³-hybridized carbons (Fsp3) is 0.900. The topological polar surface area (TPSA) is 26.0 Å². The van der Waals surface area contributed by atoms with E-state index < -0.39 is 0 Å². The van der Waals surface area contributed by atoms with E-state index in [1.54, 1.807) is 0 Å². The van der Waals surface area contributed by atoms with E-state index in [4.69, 9.17) is 5.73 Å². The minimum Gasteiger partial charge on any atom is -0.328 e. The lowest BCUT2D eigenvalue weighted by atomic mass is 10.1. The van der Waals surface area contributed by atoms with E-state index in [-0.39, 0.29) is 0 Å². The maximum absolute atomic E-state index is 5.62. The lowest BCUT2D eigenvalue weighted by Crippen LogP contribution is -2.13. The van der Waals surface area contributed by atoms with Gasteiger partial charge in [0.25, 0.3) is 0 Å². The van der Waals surface area contributed by atoms with Crippen molar-refractivity contribution in [2.24, 2.45) is 5.73 Å². The van der Waals surface area contributed by atoms with E-state index in [2.05, 4.69) is 20.3 Å². The first kappa shape index (κ1) is 11.0. The number of unbranched alkanes of at least 4 members (excludes halogenated alkanes) is 5. The van der Waals surface area contributed by atoms with Crippen LogP contribution in [0.25, 0.3) is 0 Å². The van der Waals surface area contributed by atoms with Crippen molar-refractivity contribution in [3.8, 4) is 0 Å². The third kappa shape index (κ3) is 9.96. The molecule has 0 aromatic rings. The van der Waals surface area contributed by atoms with E-state index in [1.165, 1.54) is 38.5 Å². The Morgan fingerprint density at radius 2 is 2.00 bits per heavy atom. The maximum Gasteiger partial charge on any atom is 0.00104 e. The molecule has 11 heavy (non-hydrogen) atoms. The summed E-state index contributed by atoms with van der Waals surface area (Å²) in [6.45, 7) is 4.30. The van der Waals surface area contributed by atoms with Crippen LogP contribution in [0.1, 0.15) is 52.4 Å². The maximum atomic E-state index is 5.62. The van der Waals surface area contributed by atoms with Gasteiger partial charge >= 0.3 is 0 Å². The Labute approximate surface area is 71.4 Å².